The number of hydrogen-bond donors (Lipinski definition) is 2. The summed E-state index contributed by atoms with van der Waals surface area (Å²) in [6, 6.07) is 5.27. The van der Waals surface area contributed by atoms with E-state index < -0.39 is 0 Å². The van der Waals surface area contributed by atoms with Gasteiger partial charge in [-0.05, 0) is 37.4 Å². The Morgan fingerprint density at radius 1 is 1.36 bits per heavy atom. The molecule has 2 rings (SSSR count). The highest BCUT2D eigenvalue weighted by Crippen LogP contribution is 2.32. The van der Waals surface area contributed by atoms with Crippen molar-refractivity contribution in [3.8, 4) is 5.75 Å². The molecule has 1 aliphatic carbocycles. The molecule has 0 radical (unpaired) electrons. The molecule has 5 nitrogen and oxygen atoms in total. The molecule has 1 fully saturated rings. The summed E-state index contributed by atoms with van der Waals surface area (Å²) < 4.78 is 10.5. The minimum Gasteiger partial charge on any atom is -0.487 e. The van der Waals surface area contributed by atoms with Gasteiger partial charge in [0.05, 0.1) is 23.9 Å². The minimum absolute atomic E-state index is 0. The van der Waals surface area contributed by atoms with Crippen LogP contribution in [0.25, 0.3) is 0 Å². The molecule has 0 unspecified atom stereocenters. The van der Waals surface area contributed by atoms with Crippen molar-refractivity contribution in [1.82, 2.24) is 5.32 Å². The van der Waals surface area contributed by atoms with E-state index in [2.05, 4.69) is 10.6 Å². The van der Waals surface area contributed by atoms with Crippen LogP contribution in [0.4, 0.5) is 5.69 Å². The molecule has 0 aliphatic heterocycles. The maximum Gasteiger partial charge on any atom is 0.238 e. The first-order chi connectivity index (χ1) is 10.2. The lowest BCUT2D eigenvalue weighted by Crippen LogP contribution is -2.29. The molecule has 1 aliphatic rings. The molecule has 0 saturated heterocycles. The van der Waals surface area contributed by atoms with Crippen molar-refractivity contribution >= 4 is 35.6 Å². The van der Waals surface area contributed by atoms with Crippen LogP contribution < -0.4 is 15.4 Å². The second kappa shape index (κ2) is 9.90. The monoisotopic (exact) mass is 348 g/mol. The summed E-state index contributed by atoms with van der Waals surface area (Å²) in [7, 11) is 1.60. The number of nitrogens with one attached hydrogen (secondary N) is 2. The molecule has 124 valence electrons. The first kappa shape index (κ1) is 19.0. The van der Waals surface area contributed by atoms with Gasteiger partial charge in [-0.25, -0.2) is 0 Å². The van der Waals surface area contributed by atoms with Crippen LogP contribution in [0, 0.1) is 5.92 Å². The van der Waals surface area contributed by atoms with E-state index >= 15 is 0 Å². The highest BCUT2D eigenvalue weighted by Gasteiger charge is 2.20. The first-order valence-electron chi connectivity index (χ1n) is 7.11. The Balaban J connectivity index is 0.00000242. The Morgan fingerprint density at radius 2 is 2.14 bits per heavy atom. The van der Waals surface area contributed by atoms with Crippen LogP contribution in [0.1, 0.15) is 12.8 Å². The third kappa shape index (κ3) is 6.40. The Bertz CT molecular complexity index is 482. The van der Waals surface area contributed by atoms with Gasteiger partial charge >= 0.3 is 0 Å². The fourth-order valence-electron chi connectivity index (χ4n) is 1.89. The quantitative estimate of drug-likeness (QED) is 0.673. The zero-order valence-electron chi connectivity index (χ0n) is 12.6. The van der Waals surface area contributed by atoms with Gasteiger partial charge in [-0.2, -0.15) is 0 Å². The van der Waals surface area contributed by atoms with E-state index in [1.165, 1.54) is 12.8 Å². The average Bonchev–Trinajstić information content (AvgIpc) is 3.26. The molecule has 1 saturated carbocycles. The number of methoxy groups -OCH3 is 1. The second-order valence-corrected chi connectivity index (χ2v) is 5.49. The van der Waals surface area contributed by atoms with Crippen molar-refractivity contribution in [1.29, 1.82) is 0 Å². The SMILES string of the molecule is COCCOc1c(Cl)cccc1NC(=O)CNCC1CC1.Cl. The first-order valence-corrected chi connectivity index (χ1v) is 7.49. The average molecular weight is 349 g/mol. The molecule has 2 N–H and O–H groups in total. The maximum absolute atomic E-state index is 11.9. The third-order valence-electron chi connectivity index (χ3n) is 3.19. The molecule has 0 bridgehead atoms. The Kier molecular flexibility index (Phi) is 8.56. The lowest BCUT2D eigenvalue weighted by molar-refractivity contribution is -0.115. The number of carbonyl (C=O) groups excluding carboxylic acids is 1. The normalized spacial score (nSPS) is 13.4. The van der Waals surface area contributed by atoms with Crippen LogP contribution in [0.5, 0.6) is 5.75 Å². The fraction of sp³-hybridized carbons (Fsp3) is 0.533. The van der Waals surface area contributed by atoms with Gasteiger partial charge in [0.1, 0.15) is 6.61 Å². The molecule has 1 aromatic rings. The predicted octanol–water partition coefficient (Wildman–Crippen LogP) is 2.73. The van der Waals surface area contributed by atoms with E-state index in [1.54, 1.807) is 25.3 Å². The van der Waals surface area contributed by atoms with Gasteiger partial charge in [0.15, 0.2) is 5.75 Å². The number of benzene rings is 1. The molecule has 0 heterocycles. The maximum atomic E-state index is 11.9. The van der Waals surface area contributed by atoms with Crippen LogP contribution in [0.3, 0.4) is 0 Å². The van der Waals surface area contributed by atoms with Gasteiger partial charge in [0, 0.05) is 7.11 Å². The number of amides is 1. The molecule has 0 atom stereocenters. The van der Waals surface area contributed by atoms with E-state index in [0.717, 1.165) is 12.5 Å². The predicted molar refractivity (Wildman–Crippen MR) is 90.3 cm³/mol. The van der Waals surface area contributed by atoms with E-state index in [0.29, 0.717) is 36.2 Å². The van der Waals surface area contributed by atoms with Crippen LogP contribution in [-0.2, 0) is 9.53 Å². The van der Waals surface area contributed by atoms with Gasteiger partial charge in [-0.3, -0.25) is 4.79 Å². The molecule has 0 spiro atoms. The largest absolute Gasteiger partial charge is 0.487 e. The molecular weight excluding hydrogens is 327 g/mol. The molecule has 0 aromatic heterocycles. The third-order valence-corrected chi connectivity index (χ3v) is 3.49. The van der Waals surface area contributed by atoms with E-state index in [1.807, 2.05) is 0 Å². The smallest absolute Gasteiger partial charge is 0.238 e. The van der Waals surface area contributed by atoms with Crippen molar-refractivity contribution in [2.24, 2.45) is 5.92 Å². The number of carbonyl (C=O) groups is 1. The molecule has 1 aromatic carbocycles. The van der Waals surface area contributed by atoms with Crippen molar-refractivity contribution < 1.29 is 14.3 Å². The number of rotatable bonds is 9. The van der Waals surface area contributed by atoms with E-state index in [4.69, 9.17) is 21.1 Å². The lowest BCUT2D eigenvalue weighted by Gasteiger charge is -2.14. The van der Waals surface area contributed by atoms with Gasteiger partial charge in [0.2, 0.25) is 5.91 Å². The summed E-state index contributed by atoms with van der Waals surface area (Å²) in [6.07, 6.45) is 2.53. The molecule has 7 heteroatoms. The Hall–Kier alpha value is -1.01. The van der Waals surface area contributed by atoms with Gasteiger partial charge in [-0.15, -0.1) is 12.4 Å². The number of para-hydroxylation sites is 1. The second-order valence-electron chi connectivity index (χ2n) is 5.08. The van der Waals surface area contributed by atoms with E-state index in [9.17, 15) is 4.79 Å². The summed E-state index contributed by atoms with van der Waals surface area (Å²) in [6.45, 7) is 2.03. The number of anilines is 1. The Morgan fingerprint density at radius 3 is 2.82 bits per heavy atom. The van der Waals surface area contributed by atoms with Crippen LogP contribution in [-0.4, -0.2) is 39.3 Å². The molecule has 1 amide bonds. The highest BCUT2D eigenvalue weighted by molar-refractivity contribution is 6.32. The summed E-state index contributed by atoms with van der Waals surface area (Å²) in [5.74, 6) is 1.12. The van der Waals surface area contributed by atoms with E-state index in [-0.39, 0.29) is 18.3 Å². The van der Waals surface area contributed by atoms with Gasteiger partial charge < -0.3 is 20.1 Å². The summed E-state index contributed by atoms with van der Waals surface area (Å²) in [5, 5.41) is 6.44. The zero-order valence-corrected chi connectivity index (χ0v) is 14.1. The highest BCUT2D eigenvalue weighted by atomic mass is 35.5. The van der Waals surface area contributed by atoms with Gasteiger partial charge in [0.25, 0.3) is 0 Å². The zero-order chi connectivity index (χ0) is 15.1. The van der Waals surface area contributed by atoms with Crippen molar-refractivity contribution in [2.75, 3.05) is 38.7 Å². The van der Waals surface area contributed by atoms with Gasteiger partial charge in [-0.1, -0.05) is 17.7 Å². The fourth-order valence-corrected chi connectivity index (χ4v) is 2.12. The topological polar surface area (TPSA) is 59.6 Å². The molecular formula is C15H22Cl2N2O3. The number of halogens is 2. The lowest BCUT2D eigenvalue weighted by atomic mass is 10.3. The van der Waals surface area contributed by atoms with Crippen molar-refractivity contribution in [2.45, 2.75) is 12.8 Å². The summed E-state index contributed by atoms with van der Waals surface area (Å²) >= 11 is 6.11. The van der Waals surface area contributed by atoms with Crippen LogP contribution in [0.2, 0.25) is 5.02 Å². The Labute approximate surface area is 142 Å². The van der Waals surface area contributed by atoms with Crippen molar-refractivity contribution in [3.05, 3.63) is 23.2 Å². The number of ether oxygens (including phenoxy) is 2. The molecule has 22 heavy (non-hydrogen) atoms. The summed E-state index contributed by atoms with van der Waals surface area (Å²) in [5.41, 5.74) is 0.580. The van der Waals surface area contributed by atoms with Crippen LogP contribution >= 0.6 is 24.0 Å². The minimum atomic E-state index is -0.102. The number of hydrogen-bond acceptors (Lipinski definition) is 4. The van der Waals surface area contributed by atoms with Crippen LogP contribution in [0.15, 0.2) is 18.2 Å². The van der Waals surface area contributed by atoms with Crippen molar-refractivity contribution in [3.63, 3.8) is 0 Å². The standard InChI is InChI=1S/C15H21ClN2O3.ClH/c1-20-7-8-21-15-12(16)3-2-4-13(15)18-14(19)10-17-9-11-5-6-11;/h2-4,11,17H,5-10H2,1H3,(H,18,19);1H. The summed E-state index contributed by atoms with van der Waals surface area (Å²) in [4.78, 5) is 11.9.